The minimum absolute atomic E-state index is 0.0488. The Morgan fingerprint density at radius 3 is 1.96 bits per heavy atom. The third-order valence-corrected chi connectivity index (χ3v) is 2.58. The van der Waals surface area contributed by atoms with Crippen molar-refractivity contribution in [2.75, 3.05) is 13.2 Å². The van der Waals surface area contributed by atoms with E-state index in [1.54, 1.807) is 19.9 Å². The number of hydrogen-bond donors (Lipinski definition) is 0. The number of allylic oxidation sites excluding steroid dienone is 1. The topological polar surface area (TPSA) is 52.6 Å². The van der Waals surface area contributed by atoms with Crippen LogP contribution in [0.1, 0.15) is 33.1 Å². The molecule has 0 aliphatic heterocycles. The van der Waals surface area contributed by atoms with Crippen LogP contribution in [0, 0.1) is 0 Å². The van der Waals surface area contributed by atoms with Crippen LogP contribution in [0.3, 0.4) is 0 Å². The lowest BCUT2D eigenvalue weighted by atomic mass is 10.2. The molecule has 0 bridgehead atoms. The number of ether oxygens (including phenoxy) is 2. The van der Waals surface area contributed by atoms with Crippen molar-refractivity contribution in [1.29, 1.82) is 0 Å². The molecule has 1 unspecified atom stereocenters. The third-order valence-electron chi connectivity index (χ3n) is 2.58. The normalized spacial score (nSPS) is 13.2. The van der Waals surface area contributed by atoms with Crippen molar-refractivity contribution >= 4 is 11.9 Å². The maximum Gasteiger partial charge on any atom is 0.425 e. The van der Waals surface area contributed by atoms with Crippen molar-refractivity contribution < 1.29 is 45.4 Å². The predicted molar refractivity (Wildman–Crippen MR) is 71.1 cm³/mol. The Morgan fingerprint density at radius 2 is 1.50 bits per heavy atom. The second kappa shape index (κ2) is 9.53. The number of hydrogen-bond acceptors (Lipinski definition) is 4. The molecule has 0 rings (SSSR count). The summed E-state index contributed by atoms with van der Waals surface area (Å²) in [6.45, 7) is 1.60. The summed E-state index contributed by atoms with van der Waals surface area (Å²) in [7, 11) is 0. The molecule has 0 amide bonds. The first kappa shape index (κ1) is 22.3. The molecule has 0 saturated heterocycles. The molecule has 0 fully saturated rings. The summed E-state index contributed by atoms with van der Waals surface area (Å²) in [5, 5.41) is 0. The monoisotopic (exact) mass is 364 g/mol. The molecule has 0 N–H and O–H groups in total. The number of carbonyl (C=O) groups is 2. The Balaban J connectivity index is 4.07. The van der Waals surface area contributed by atoms with Gasteiger partial charge in [-0.25, -0.2) is 4.39 Å². The van der Waals surface area contributed by atoms with Gasteiger partial charge in [0.15, 0.2) is 6.61 Å². The fourth-order valence-corrected chi connectivity index (χ4v) is 1.31. The molecule has 0 aliphatic carbocycles. The van der Waals surface area contributed by atoms with Crippen molar-refractivity contribution in [3.63, 3.8) is 0 Å². The van der Waals surface area contributed by atoms with Crippen LogP contribution in [-0.4, -0.2) is 43.4 Å². The summed E-state index contributed by atoms with van der Waals surface area (Å²) in [6, 6.07) is 0. The summed E-state index contributed by atoms with van der Waals surface area (Å²) >= 11 is 0. The van der Waals surface area contributed by atoms with E-state index in [-0.39, 0.29) is 19.4 Å². The first-order valence-corrected chi connectivity index (χ1v) is 6.89. The number of alkyl halides is 6. The highest BCUT2D eigenvalue weighted by Gasteiger charge is 2.57. The van der Waals surface area contributed by atoms with Crippen LogP contribution in [0.15, 0.2) is 11.6 Å². The Kier molecular flexibility index (Phi) is 8.84. The van der Waals surface area contributed by atoms with Gasteiger partial charge in [-0.1, -0.05) is 5.57 Å². The van der Waals surface area contributed by atoms with Crippen LogP contribution in [0.2, 0.25) is 0 Å². The molecular formula is C14H18F6O4. The molecule has 140 valence electrons. The largest absolute Gasteiger partial charge is 0.461 e. The van der Waals surface area contributed by atoms with Crippen molar-refractivity contribution in [2.24, 2.45) is 0 Å². The van der Waals surface area contributed by atoms with E-state index in [1.807, 2.05) is 0 Å². The molecule has 10 heteroatoms. The zero-order chi connectivity index (χ0) is 19.0. The van der Waals surface area contributed by atoms with E-state index < -0.39 is 43.2 Å². The Bertz CT molecular complexity index is 455. The van der Waals surface area contributed by atoms with Gasteiger partial charge in [0.1, 0.15) is 6.61 Å². The zero-order valence-corrected chi connectivity index (χ0v) is 13.1. The predicted octanol–water partition coefficient (Wildman–Crippen LogP) is 3.75. The average Bonchev–Trinajstić information content (AvgIpc) is 2.43. The lowest BCUT2D eigenvalue weighted by Crippen LogP contribution is -2.45. The molecule has 0 aromatic rings. The zero-order valence-electron chi connectivity index (χ0n) is 13.1. The summed E-state index contributed by atoms with van der Waals surface area (Å²) in [5.41, 5.74) is 0.928. The van der Waals surface area contributed by atoms with Crippen molar-refractivity contribution in [3.05, 3.63) is 11.6 Å². The summed E-state index contributed by atoms with van der Waals surface area (Å²) in [4.78, 5) is 22.4. The van der Waals surface area contributed by atoms with Crippen LogP contribution in [-0.2, 0) is 19.1 Å². The summed E-state index contributed by atoms with van der Waals surface area (Å²) in [5.74, 6) is -6.77. The van der Waals surface area contributed by atoms with E-state index in [0.29, 0.717) is 0 Å². The van der Waals surface area contributed by atoms with Gasteiger partial charge in [0.2, 0.25) is 0 Å². The smallest absolute Gasteiger partial charge is 0.425 e. The van der Waals surface area contributed by atoms with E-state index in [4.69, 9.17) is 4.74 Å². The van der Waals surface area contributed by atoms with E-state index >= 15 is 0 Å². The highest BCUT2D eigenvalue weighted by atomic mass is 19.4. The lowest BCUT2D eigenvalue weighted by Gasteiger charge is -2.22. The SMILES string of the molecule is CC(C)=CCOC(=O)CCCC(=O)OCC(F)(F)C(F)C(F)(F)F. The van der Waals surface area contributed by atoms with E-state index in [2.05, 4.69) is 4.74 Å². The van der Waals surface area contributed by atoms with Crippen molar-refractivity contribution in [2.45, 2.75) is 51.4 Å². The Hall–Kier alpha value is -1.74. The highest BCUT2D eigenvalue weighted by molar-refractivity contribution is 5.72. The van der Waals surface area contributed by atoms with Crippen LogP contribution >= 0.6 is 0 Å². The average molecular weight is 364 g/mol. The molecule has 0 radical (unpaired) electrons. The van der Waals surface area contributed by atoms with E-state index in [9.17, 15) is 35.9 Å². The van der Waals surface area contributed by atoms with Gasteiger partial charge in [0.25, 0.3) is 6.17 Å². The van der Waals surface area contributed by atoms with Crippen molar-refractivity contribution in [1.82, 2.24) is 0 Å². The second-order valence-electron chi connectivity index (χ2n) is 5.14. The van der Waals surface area contributed by atoms with Gasteiger partial charge in [-0.3, -0.25) is 9.59 Å². The van der Waals surface area contributed by atoms with Gasteiger partial charge in [-0.2, -0.15) is 22.0 Å². The van der Waals surface area contributed by atoms with Crippen LogP contribution in [0.25, 0.3) is 0 Å². The number of rotatable bonds is 9. The fraction of sp³-hybridized carbons (Fsp3) is 0.714. The Labute approximate surface area is 134 Å². The number of halogens is 6. The summed E-state index contributed by atoms with van der Waals surface area (Å²) < 4.78 is 82.6. The van der Waals surface area contributed by atoms with Gasteiger partial charge in [-0.15, -0.1) is 0 Å². The highest BCUT2D eigenvalue weighted by Crippen LogP contribution is 2.35. The Morgan fingerprint density at radius 1 is 1.00 bits per heavy atom. The number of esters is 2. The van der Waals surface area contributed by atoms with Gasteiger partial charge >= 0.3 is 24.0 Å². The maximum absolute atomic E-state index is 12.9. The summed E-state index contributed by atoms with van der Waals surface area (Å²) in [6.07, 6.45) is -9.33. The molecule has 0 spiro atoms. The minimum atomic E-state index is -5.76. The quantitative estimate of drug-likeness (QED) is 0.355. The van der Waals surface area contributed by atoms with Gasteiger partial charge in [0.05, 0.1) is 0 Å². The standard InChI is InChI=1S/C14H18F6O4/c1-9(2)6-7-23-10(21)4-3-5-11(22)24-8-13(16,17)12(15)14(18,19)20/h6,12H,3-5,7-8H2,1-2H3. The van der Waals surface area contributed by atoms with Crippen molar-refractivity contribution in [3.8, 4) is 0 Å². The molecule has 0 saturated carbocycles. The molecule has 24 heavy (non-hydrogen) atoms. The first-order valence-electron chi connectivity index (χ1n) is 6.89. The van der Waals surface area contributed by atoms with Gasteiger partial charge < -0.3 is 9.47 Å². The lowest BCUT2D eigenvalue weighted by molar-refractivity contribution is -0.254. The van der Waals surface area contributed by atoms with Gasteiger partial charge in [-0.05, 0) is 26.3 Å². The van der Waals surface area contributed by atoms with E-state index in [1.165, 1.54) is 0 Å². The van der Waals surface area contributed by atoms with Crippen LogP contribution in [0.5, 0.6) is 0 Å². The molecule has 0 aliphatic rings. The van der Waals surface area contributed by atoms with E-state index in [0.717, 1.165) is 5.57 Å². The van der Waals surface area contributed by atoms with Crippen LogP contribution < -0.4 is 0 Å². The fourth-order valence-electron chi connectivity index (χ4n) is 1.31. The molecule has 0 heterocycles. The molecule has 0 aromatic heterocycles. The minimum Gasteiger partial charge on any atom is -0.461 e. The second-order valence-corrected chi connectivity index (χ2v) is 5.14. The van der Waals surface area contributed by atoms with Crippen LogP contribution in [0.4, 0.5) is 26.3 Å². The molecular weight excluding hydrogens is 346 g/mol. The third kappa shape index (κ3) is 9.41. The number of carbonyl (C=O) groups excluding carboxylic acids is 2. The molecule has 4 nitrogen and oxygen atoms in total. The maximum atomic E-state index is 12.9. The molecule has 0 aromatic carbocycles. The van der Waals surface area contributed by atoms with Gasteiger partial charge in [0, 0.05) is 12.8 Å². The first-order chi connectivity index (χ1) is 10.9. The molecule has 1 atom stereocenters.